The molecule has 3 rings (SSSR count). The number of carboxylic acids is 1. The third-order valence-corrected chi connectivity index (χ3v) is 4.36. The van der Waals surface area contributed by atoms with Crippen molar-refractivity contribution < 1.29 is 14.6 Å². The minimum Gasteiger partial charge on any atom is -0.481 e. The number of rotatable bonds is 5. The van der Waals surface area contributed by atoms with E-state index in [1.807, 2.05) is 54.6 Å². The molecular formula is C19H20O3. The van der Waals surface area contributed by atoms with Crippen LogP contribution in [0.2, 0.25) is 0 Å². The van der Waals surface area contributed by atoms with Crippen LogP contribution in [0, 0.1) is 5.92 Å². The number of para-hydroxylation sites is 1. The maximum atomic E-state index is 11.6. The molecule has 114 valence electrons. The van der Waals surface area contributed by atoms with Gasteiger partial charge in [0.2, 0.25) is 0 Å². The SMILES string of the molecule is O=C(O)C(c1ccc(Oc2ccccc2)cc1)C1CCCC1. The van der Waals surface area contributed by atoms with Gasteiger partial charge in [-0.05, 0) is 48.6 Å². The molecular weight excluding hydrogens is 276 g/mol. The highest BCUT2D eigenvalue weighted by Crippen LogP contribution is 2.38. The smallest absolute Gasteiger partial charge is 0.311 e. The summed E-state index contributed by atoms with van der Waals surface area (Å²) in [6, 6.07) is 17.0. The van der Waals surface area contributed by atoms with E-state index in [9.17, 15) is 9.90 Å². The zero-order valence-electron chi connectivity index (χ0n) is 12.4. The molecule has 0 aromatic heterocycles. The average Bonchev–Trinajstić information content (AvgIpc) is 3.04. The fourth-order valence-electron chi connectivity index (χ4n) is 3.27. The Morgan fingerprint density at radius 1 is 0.955 bits per heavy atom. The van der Waals surface area contributed by atoms with Crippen LogP contribution in [0.25, 0.3) is 0 Å². The van der Waals surface area contributed by atoms with Gasteiger partial charge in [0.05, 0.1) is 5.92 Å². The molecule has 1 aliphatic carbocycles. The van der Waals surface area contributed by atoms with E-state index in [0.29, 0.717) is 0 Å². The Balaban J connectivity index is 1.76. The van der Waals surface area contributed by atoms with Crippen LogP contribution in [0.1, 0.15) is 37.2 Å². The molecule has 1 aliphatic rings. The molecule has 1 N–H and O–H groups in total. The van der Waals surface area contributed by atoms with Crippen molar-refractivity contribution in [1.29, 1.82) is 0 Å². The Morgan fingerprint density at radius 3 is 2.14 bits per heavy atom. The molecule has 22 heavy (non-hydrogen) atoms. The summed E-state index contributed by atoms with van der Waals surface area (Å²) in [6.45, 7) is 0. The van der Waals surface area contributed by atoms with Gasteiger partial charge in [-0.3, -0.25) is 4.79 Å². The highest BCUT2D eigenvalue weighted by molar-refractivity contribution is 5.76. The lowest BCUT2D eigenvalue weighted by molar-refractivity contribution is -0.140. The first kappa shape index (κ1) is 14.6. The monoisotopic (exact) mass is 296 g/mol. The molecule has 0 spiro atoms. The Hall–Kier alpha value is -2.29. The van der Waals surface area contributed by atoms with Crippen LogP contribution < -0.4 is 4.74 Å². The van der Waals surface area contributed by atoms with Gasteiger partial charge >= 0.3 is 5.97 Å². The number of hydrogen-bond donors (Lipinski definition) is 1. The number of benzene rings is 2. The normalized spacial score (nSPS) is 16.4. The van der Waals surface area contributed by atoms with Crippen LogP contribution in [0.5, 0.6) is 11.5 Å². The Labute approximate surface area is 130 Å². The number of carbonyl (C=O) groups is 1. The summed E-state index contributed by atoms with van der Waals surface area (Å²) in [5.41, 5.74) is 0.875. The lowest BCUT2D eigenvalue weighted by Crippen LogP contribution is -2.19. The summed E-state index contributed by atoms with van der Waals surface area (Å²) in [4.78, 5) is 11.6. The first-order valence-corrected chi connectivity index (χ1v) is 7.80. The molecule has 0 aliphatic heterocycles. The topological polar surface area (TPSA) is 46.5 Å². The van der Waals surface area contributed by atoms with Gasteiger partial charge in [-0.25, -0.2) is 0 Å². The van der Waals surface area contributed by atoms with Crippen molar-refractivity contribution in [2.75, 3.05) is 0 Å². The minimum absolute atomic E-state index is 0.262. The summed E-state index contributed by atoms with van der Waals surface area (Å²) in [6.07, 6.45) is 4.31. The van der Waals surface area contributed by atoms with E-state index in [-0.39, 0.29) is 5.92 Å². The number of carboxylic acid groups (broad SMARTS) is 1. The van der Waals surface area contributed by atoms with Crippen LogP contribution in [0.15, 0.2) is 54.6 Å². The average molecular weight is 296 g/mol. The standard InChI is InChI=1S/C19H20O3/c20-19(21)18(14-6-4-5-7-14)15-10-12-17(13-11-15)22-16-8-2-1-3-9-16/h1-3,8-14,18H,4-7H2,(H,20,21). The van der Waals surface area contributed by atoms with Crippen LogP contribution in [-0.2, 0) is 4.79 Å². The number of aliphatic carboxylic acids is 1. The third kappa shape index (κ3) is 3.30. The summed E-state index contributed by atoms with van der Waals surface area (Å²) < 4.78 is 5.75. The Morgan fingerprint density at radius 2 is 1.55 bits per heavy atom. The van der Waals surface area contributed by atoms with Gasteiger partial charge in [0, 0.05) is 0 Å². The fourth-order valence-corrected chi connectivity index (χ4v) is 3.27. The van der Waals surface area contributed by atoms with E-state index >= 15 is 0 Å². The minimum atomic E-state index is -0.719. The second-order valence-electron chi connectivity index (χ2n) is 5.84. The molecule has 2 aromatic carbocycles. The second-order valence-corrected chi connectivity index (χ2v) is 5.84. The molecule has 0 saturated heterocycles. The van der Waals surface area contributed by atoms with E-state index in [2.05, 4.69) is 0 Å². The molecule has 3 nitrogen and oxygen atoms in total. The van der Waals surface area contributed by atoms with Gasteiger partial charge < -0.3 is 9.84 Å². The maximum absolute atomic E-state index is 11.6. The lowest BCUT2D eigenvalue weighted by Gasteiger charge is -2.19. The Bertz CT molecular complexity index is 613. The van der Waals surface area contributed by atoms with Crippen LogP contribution in [0.4, 0.5) is 0 Å². The molecule has 1 atom stereocenters. The predicted octanol–water partition coefficient (Wildman–Crippen LogP) is 4.84. The second kappa shape index (κ2) is 6.65. The lowest BCUT2D eigenvalue weighted by atomic mass is 9.85. The van der Waals surface area contributed by atoms with Crippen molar-refractivity contribution in [2.24, 2.45) is 5.92 Å². The first-order chi connectivity index (χ1) is 10.7. The van der Waals surface area contributed by atoms with Crippen LogP contribution >= 0.6 is 0 Å². The van der Waals surface area contributed by atoms with Crippen molar-refractivity contribution >= 4 is 5.97 Å². The molecule has 2 aromatic rings. The zero-order valence-corrected chi connectivity index (χ0v) is 12.4. The van der Waals surface area contributed by atoms with Gasteiger partial charge in [-0.15, -0.1) is 0 Å². The van der Waals surface area contributed by atoms with Gasteiger partial charge in [0.1, 0.15) is 11.5 Å². The first-order valence-electron chi connectivity index (χ1n) is 7.80. The summed E-state index contributed by atoms with van der Waals surface area (Å²) in [7, 11) is 0. The fraction of sp³-hybridized carbons (Fsp3) is 0.316. The summed E-state index contributed by atoms with van der Waals surface area (Å²) in [5.74, 6) is 0.654. The molecule has 3 heteroatoms. The Kier molecular flexibility index (Phi) is 4.42. The largest absolute Gasteiger partial charge is 0.481 e. The van der Waals surface area contributed by atoms with Crippen LogP contribution in [0.3, 0.4) is 0 Å². The molecule has 0 bridgehead atoms. The van der Waals surface area contributed by atoms with Crippen molar-refractivity contribution in [1.82, 2.24) is 0 Å². The van der Waals surface area contributed by atoms with E-state index in [1.165, 1.54) is 0 Å². The van der Waals surface area contributed by atoms with Crippen LogP contribution in [-0.4, -0.2) is 11.1 Å². The van der Waals surface area contributed by atoms with Crippen molar-refractivity contribution in [3.63, 3.8) is 0 Å². The number of ether oxygens (including phenoxy) is 1. The zero-order chi connectivity index (χ0) is 15.4. The van der Waals surface area contributed by atoms with Crippen molar-refractivity contribution in [3.05, 3.63) is 60.2 Å². The molecule has 0 radical (unpaired) electrons. The van der Waals surface area contributed by atoms with Crippen molar-refractivity contribution in [2.45, 2.75) is 31.6 Å². The molecule has 1 unspecified atom stereocenters. The van der Waals surface area contributed by atoms with E-state index in [0.717, 1.165) is 42.7 Å². The highest BCUT2D eigenvalue weighted by atomic mass is 16.5. The highest BCUT2D eigenvalue weighted by Gasteiger charge is 2.31. The third-order valence-electron chi connectivity index (χ3n) is 4.36. The van der Waals surface area contributed by atoms with E-state index in [1.54, 1.807) is 0 Å². The summed E-state index contributed by atoms with van der Waals surface area (Å²) in [5, 5.41) is 9.56. The van der Waals surface area contributed by atoms with Gasteiger partial charge in [-0.1, -0.05) is 43.2 Å². The van der Waals surface area contributed by atoms with Gasteiger partial charge in [-0.2, -0.15) is 0 Å². The molecule has 1 saturated carbocycles. The quantitative estimate of drug-likeness (QED) is 0.859. The number of hydrogen-bond acceptors (Lipinski definition) is 2. The molecule has 1 fully saturated rings. The van der Waals surface area contributed by atoms with Gasteiger partial charge in [0.15, 0.2) is 0 Å². The molecule has 0 amide bonds. The van der Waals surface area contributed by atoms with Gasteiger partial charge in [0.25, 0.3) is 0 Å². The summed E-state index contributed by atoms with van der Waals surface area (Å²) >= 11 is 0. The van der Waals surface area contributed by atoms with E-state index in [4.69, 9.17) is 4.74 Å². The predicted molar refractivity (Wildman–Crippen MR) is 85.3 cm³/mol. The van der Waals surface area contributed by atoms with Crippen molar-refractivity contribution in [3.8, 4) is 11.5 Å². The van der Waals surface area contributed by atoms with E-state index < -0.39 is 11.9 Å². The molecule has 0 heterocycles. The maximum Gasteiger partial charge on any atom is 0.311 e.